The van der Waals surface area contributed by atoms with Gasteiger partial charge >= 0.3 is 0 Å². The van der Waals surface area contributed by atoms with Gasteiger partial charge in [-0.05, 0) is 56.1 Å². The molecule has 0 radical (unpaired) electrons. The van der Waals surface area contributed by atoms with Crippen molar-refractivity contribution in [3.05, 3.63) is 36.3 Å². The number of carbonyl (C=O) groups excluding carboxylic acids is 1. The molecule has 4 heterocycles. The van der Waals surface area contributed by atoms with Gasteiger partial charge in [-0.1, -0.05) is 0 Å². The maximum Gasteiger partial charge on any atom is 0.232 e. The molecule has 1 unspecified atom stereocenters. The Bertz CT molecular complexity index is 715. The van der Waals surface area contributed by atoms with Gasteiger partial charge in [-0.3, -0.25) is 4.79 Å². The second kappa shape index (κ2) is 5.25. The van der Waals surface area contributed by atoms with Gasteiger partial charge < -0.3 is 15.2 Å². The van der Waals surface area contributed by atoms with Crippen LogP contribution in [0.3, 0.4) is 0 Å². The molecule has 2 aliphatic rings. The molecule has 1 amide bonds. The van der Waals surface area contributed by atoms with E-state index in [0.29, 0.717) is 11.9 Å². The van der Waals surface area contributed by atoms with Crippen molar-refractivity contribution in [3.8, 4) is 11.1 Å². The van der Waals surface area contributed by atoms with Crippen LogP contribution in [-0.2, 0) is 4.79 Å². The standard InChI is InChI=1S/C17H20N4O/c1-11-15-14(4-8-19-16(15)20-17(11)22)12-5-9-21(10-12)13-2-6-18-7-3-13/h4-5,8-11,13,18H,2-3,6-7H2,1H3,(H,19,20,22). The minimum absolute atomic E-state index is 0.0349. The van der Waals surface area contributed by atoms with E-state index in [1.807, 2.05) is 13.0 Å². The number of pyridine rings is 1. The third-order valence-electron chi connectivity index (χ3n) is 4.81. The third kappa shape index (κ3) is 2.13. The number of carbonyl (C=O) groups is 1. The molecule has 1 atom stereocenters. The van der Waals surface area contributed by atoms with Crippen LogP contribution in [0, 0.1) is 0 Å². The highest BCUT2D eigenvalue weighted by Crippen LogP contribution is 2.38. The summed E-state index contributed by atoms with van der Waals surface area (Å²) in [6, 6.07) is 4.73. The first kappa shape index (κ1) is 13.5. The summed E-state index contributed by atoms with van der Waals surface area (Å²) in [5, 5.41) is 6.26. The molecule has 22 heavy (non-hydrogen) atoms. The van der Waals surface area contributed by atoms with Gasteiger partial charge in [0.2, 0.25) is 5.91 Å². The Labute approximate surface area is 129 Å². The lowest BCUT2D eigenvalue weighted by atomic mass is 9.96. The number of anilines is 1. The van der Waals surface area contributed by atoms with Gasteiger partial charge in [-0.15, -0.1) is 0 Å². The maximum absolute atomic E-state index is 11.9. The summed E-state index contributed by atoms with van der Waals surface area (Å²) in [6.07, 6.45) is 8.47. The minimum atomic E-state index is -0.138. The van der Waals surface area contributed by atoms with Crippen molar-refractivity contribution in [1.82, 2.24) is 14.9 Å². The monoisotopic (exact) mass is 296 g/mol. The topological polar surface area (TPSA) is 59.0 Å². The highest BCUT2D eigenvalue weighted by atomic mass is 16.2. The molecule has 1 saturated heterocycles. The zero-order chi connectivity index (χ0) is 15.1. The molecule has 0 saturated carbocycles. The van der Waals surface area contributed by atoms with Crippen molar-refractivity contribution in [1.29, 1.82) is 0 Å². The molecule has 0 spiro atoms. The lowest BCUT2D eigenvalue weighted by molar-refractivity contribution is -0.116. The molecule has 2 aromatic heterocycles. The van der Waals surface area contributed by atoms with E-state index in [1.165, 1.54) is 18.4 Å². The van der Waals surface area contributed by atoms with Crippen molar-refractivity contribution in [2.45, 2.75) is 31.7 Å². The van der Waals surface area contributed by atoms with E-state index in [0.717, 1.165) is 24.2 Å². The first-order valence-electron chi connectivity index (χ1n) is 7.92. The van der Waals surface area contributed by atoms with Crippen LogP contribution in [-0.4, -0.2) is 28.5 Å². The van der Waals surface area contributed by atoms with Gasteiger partial charge in [0.15, 0.2) is 0 Å². The Hall–Kier alpha value is -2.14. The first-order valence-corrected chi connectivity index (χ1v) is 7.92. The van der Waals surface area contributed by atoms with Gasteiger partial charge in [0.25, 0.3) is 0 Å². The summed E-state index contributed by atoms with van der Waals surface area (Å²) in [7, 11) is 0. The van der Waals surface area contributed by atoms with Gasteiger partial charge in [0.1, 0.15) is 5.82 Å². The van der Waals surface area contributed by atoms with E-state index < -0.39 is 0 Å². The van der Waals surface area contributed by atoms with Crippen molar-refractivity contribution in [3.63, 3.8) is 0 Å². The number of fused-ring (bicyclic) bond motifs is 1. The van der Waals surface area contributed by atoms with E-state index in [4.69, 9.17) is 0 Å². The Kier molecular flexibility index (Phi) is 3.22. The average Bonchev–Trinajstić information content (AvgIpc) is 3.14. The summed E-state index contributed by atoms with van der Waals surface area (Å²) in [4.78, 5) is 16.2. The van der Waals surface area contributed by atoms with E-state index in [1.54, 1.807) is 6.20 Å². The fourth-order valence-corrected chi connectivity index (χ4v) is 3.52. The molecule has 4 rings (SSSR count). The average molecular weight is 296 g/mol. The molecule has 114 valence electrons. The zero-order valence-corrected chi connectivity index (χ0v) is 12.7. The van der Waals surface area contributed by atoms with Gasteiger partial charge in [0, 0.05) is 30.2 Å². The molecule has 1 fully saturated rings. The highest BCUT2D eigenvalue weighted by Gasteiger charge is 2.30. The van der Waals surface area contributed by atoms with Gasteiger partial charge in [-0.2, -0.15) is 0 Å². The number of hydrogen-bond donors (Lipinski definition) is 2. The molecule has 0 aromatic carbocycles. The second-order valence-corrected chi connectivity index (χ2v) is 6.16. The zero-order valence-electron chi connectivity index (χ0n) is 12.7. The van der Waals surface area contributed by atoms with Crippen LogP contribution >= 0.6 is 0 Å². The van der Waals surface area contributed by atoms with E-state index in [9.17, 15) is 4.79 Å². The minimum Gasteiger partial charge on any atom is -0.351 e. The Morgan fingerprint density at radius 2 is 2.09 bits per heavy atom. The number of rotatable bonds is 2. The second-order valence-electron chi connectivity index (χ2n) is 6.16. The molecule has 2 aromatic rings. The van der Waals surface area contributed by atoms with Crippen molar-refractivity contribution in [2.24, 2.45) is 0 Å². The maximum atomic E-state index is 11.9. The van der Waals surface area contributed by atoms with Crippen molar-refractivity contribution < 1.29 is 4.79 Å². The van der Waals surface area contributed by atoms with E-state index in [-0.39, 0.29) is 11.8 Å². The fourth-order valence-electron chi connectivity index (χ4n) is 3.52. The lowest BCUT2D eigenvalue weighted by Gasteiger charge is -2.24. The SMILES string of the molecule is CC1C(=O)Nc2nccc(-c3ccn(C4CCNCC4)c3)c21. The first-order chi connectivity index (χ1) is 10.7. The quantitative estimate of drug-likeness (QED) is 0.895. The summed E-state index contributed by atoms with van der Waals surface area (Å²) >= 11 is 0. The lowest BCUT2D eigenvalue weighted by Crippen LogP contribution is -2.28. The van der Waals surface area contributed by atoms with Crippen LogP contribution in [0.4, 0.5) is 5.82 Å². The molecule has 0 aliphatic carbocycles. The molecule has 0 bridgehead atoms. The number of nitrogens with one attached hydrogen (secondary N) is 2. The highest BCUT2D eigenvalue weighted by molar-refractivity contribution is 6.03. The summed E-state index contributed by atoms with van der Waals surface area (Å²) in [6.45, 7) is 4.10. The van der Waals surface area contributed by atoms with E-state index >= 15 is 0 Å². The van der Waals surface area contributed by atoms with Crippen LogP contribution in [0.1, 0.15) is 37.3 Å². The van der Waals surface area contributed by atoms with Crippen LogP contribution in [0.25, 0.3) is 11.1 Å². The molecular weight excluding hydrogens is 276 g/mol. The Balaban J connectivity index is 1.70. The molecule has 2 N–H and O–H groups in total. The van der Waals surface area contributed by atoms with E-state index in [2.05, 4.69) is 38.6 Å². The molecule has 5 nitrogen and oxygen atoms in total. The van der Waals surface area contributed by atoms with Gasteiger partial charge in [0.05, 0.1) is 5.92 Å². The van der Waals surface area contributed by atoms with Crippen LogP contribution in [0.5, 0.6) is 0 Å². The largest absolute Gasteiger partial charge is 0.351 e. The number of amides is 1. The summed E-state index contributed by atoms with van der Waals surface area (Å²) < 4.78 is 2.32. The Morgan fingerprint density at radius 3 is 2.91 bits per heavy atom. The summed E-state index contributed by atoms with van der Waals surface area (Å²) in [5.41, 5.74) is 3.31. The van der Waals surface area contributed by atoms with Gasteiger partial charge in [-0.25, -0.2) is 4.98 Å². The van der Waals surface area contributed by atoms with Crippen LogP contribution in [0.15, 0.2) is 30.7 Å². The van der Waals surface area contributed by atoms with Crippen LogP contribution in [0.2, 0.25) is 0 Å². The number of nitrogens with zero attached hydrogens (tertiary/aromatic N) is 2. The van der Waals surface area contributed by atoms with Crippen molar-refractivity contribution >= 4 is 11.7 Å². The molecular formula is C17H20N4O. The number of piperidine rings is 1. The normalized spacial score (nSPS) is 21.7. The van der Waals surface area contributed by atoms with Crippen LogP contribution < -0.4 is 10.6 Å². The van der Waals surface area contributed by atoms with Crippen molar-refractivity contribution in [2.75, 3.05) is 18.4 Å². The summed E-state index contributed by atoms with van der Waals surface area (Å²) in [5.74, 6) is 0.610. The molecule has 5 heteroatoms. The predicted molar refractivity (Wildman–Crippen MR) is 85.8 cm³/mol. The number of aromatic nitrogens is 2. The molecule has 2 aliphatic heterocycles. The number of hydrogen-bond acceptors (Lipinski definition) is 3. The smallest absolute Gasteiger partial charge is 0.232 e. The Morgan fingerprint density at radius 1 is 1.27 bits per heavy atom. The fraction of sp³-hybridized carbons (Fsp3) is 0.412. The third-order valence-corrected chi connectivity index (χ3v) is 4.81. The predicted octanol–water partition coefficient (Wildman–Crippen LogP) is 2.53.